The minimum Gasteiger partial charge on any atom is -0.454 e. The van der Waals surface area contributed by atoms with E-state index in [0.717, 1.165) is 11.3 Å². The Hall–Kier alpha value is -3.61. The number of aryl methyl sites for hydroxylation is 1. The average Bonchev–Trinajstić information content (AvgIpc) is 3.14. The molecule has 0 atom stereocenters. The van der Waals surface area contributed by atoms with Crippen LogP contribution in [-0.2, 0) is 0 Å². The first-order valence-corrected chi connectivity index (χ1v) is 8.46. The minimum absolute atomic E-state index is 0.188. The van der Waals surface area contributed by atoms with Crippen LogP contribution in [0.2, 0.25) is 0 Å². The van der Waals surface area contributed by atoms with E-state index >= 15 is 0 Å². The van der Waals surface area contributed by atoms with Crippen molar-refractivity contribution in [1.82, 2.24) is 9.97 Å². The largest absolute Gasteiger partial charge is 0.454 e. The van der Waals surface area contributed by atoms with Crippen LogP contribution >= 0.6 is 0 Å². The monoisotopic (exact) mass is 362 g/mol. The molecule has 0 saturated heterocycles. The molecule has 2 N–H and O–H groups in total. The third-order valence-corrected chi connectivity index (χ3v) is 4.38. The topological polar surface area (TPSA) is 85.4 Å². The van der Waals surface area contributed by atoms with E-state index in [1.54, 1.807) is 18.2 Å². The first-order chi connectivity index (χ1) is 13.1. The van der Waals surface area contributed by atoms with E-state index in [-0.39, 0.29) is 18.4 Å². The van der Waals surface area contributed by atoms with E-state index in [0.29, 0.717) is 23.0 Å². The van der Waals surface area contributed by atoms with E-state index in [1.165, 1.54) is 18.0 Å². The number of aromatic nitrogens is 2. The molecule has 7 nitrogen and oxygen atoms in total. The van der Waals surface area contributed by atoms with Crippen LogP contribution in [-0.4, -0.2) is 22.7 Å². The molecule has 0 bridgehead atoms. The van der Waals surface area contributed by atoms with Gasteiger partial charge in [-0.1, -0.05) is 12.1 Å². The molecule has 3 aromatic rings. The second-order valence-corrected chi connectivity index (χ2v) is 6.18. The summed E-state index contributed by atoms with van der Waals surface area (Å²) in [4.78, 5) is 20.9. The molecule has 2 heterocycles. The summed E-state index contributed by atoms with van der Waals surface area (Å²) < 4.78 is 10.6. The summed E-state index contributed by atoms with van der Waals surface area (Å²) in [6.45, 7) is 4.28. The van der Waals surface area contributed by atoms with Gasteiger partial charge in [-0.05, 0) is 43.2 Å². The van der Waals surface area contributed by atoms with Crippen LogP contribution in [0.5, 0.6) is 11.5 Å². The number of carbonyl (C=O) groups is 1. The molecule has 0 radical (unpaired) electrons. The number of nitrogens with zero attached hydrogens (tertiary/aromatic N) is 2. The lowest BCUT2D eigenvalue weighted by molar-refractivity contribution is 0.102. The molecular formula is C20H18N4O3. The van der Waals surface area contributed by atoms with Crippen LogP contribution in [0.15, 0.2) is 48.8 Å². The smallest absolute Gasteiger partial charge is 0.275 e. The molecule has 27 heavy (non-hydrogen) atoms. The SMILES string of the molecule is Cc1cccc(Nc2cnc(C(=O)Nc3ccc4c(c3)OCO4)cn2)c1C. The Morgan fingerprint density at radius 3 is 2.70 bits per heavy atom. The molecule has 136 valence electrons. The molecule has 0 spiro atoms. The van der Waals surface area contributed by atoms with Crippen molar-refractivity contribution < 1.29 is 14.3 Å². The standard InChI is InChI=1S/C20H18N4O3/c1-12-4-3-5-15(13(12)2)24-19-10-21-16(9-22-19)20(25)23-14-6-7-17-18(8-14)27-11-26-17/h3-10H,11H2,1-2H3,(H,22,24)(H,23,25). The normalized spacial score (nSPS) is 11.9. The zero-order chi connectivity index (χ0) is 18.8. The van der Waals surface area contributed by atoms with Gasteiger partial charge >= 0.3 is 0 Å². The molecule has 1 aliphatic rings. The summed E-state index contributed by atoms with van der Waals surface area (Å²) in [5, 5.41) is 6.00. The van der Waals surface area contributed by atoms with Crippen LogP contribution in [0, 0.1) is 13.8 Å². The van der Waals surface area contributed by atoms with Gasteiger partial charge in [0.1, 0.15) is 11.5 Å². The molecule has 0 fully saturated rings. The van der Waals surface area contributed by atoms with Crippen LogP contribution in [0.3, 0.4) is 0 Å². The van der Waals surface area contributed by atoms with E-state index in [4.69, 9.17) is 9.47 Å². The first-order valence-electron chi connectivity index (χ1n) is 8.46. The Morgan fingerprint density at radius 1 is 1.04 bits per heavy atom. The number of carbonyl (C=O) groups excluding carboxylic acids is 1. The average molecular weight is 362 g/mol. The van der Waals surface area contributed by atoms with E-state index in [1.807, 2.05) is 19.1 Å². The summed E-state index contributed by atoms with van der Waals surface area (Å²) >= 11 is 0. The third kappa shape index (κ3) is 3.52. The van der Waals surface area contributed by atoms with Crippen molar-refractivity contribution in [2.24, 2.45) is 0 Å². The highest BCUT2D eigenvalue weighted by molar-refractivity contribution is 6.02. The predicted octanol–water partition coefficient (Wildman–Crippen LogP) is 3.82. The van der Waals surface area contributed by atoms with Gasteiger partial charge in [0.05, 0.1) is 12.4 Å². The van der Waals surface area contributed by atoms with Gasteiger partial charge in [0.2, 0.25) is 6.79 Å². The third-order valence-electron chi connectivity index (χ3n) is 4.38. The van der Waals surface area contributed by atoms with Gasteiger partial charge in [0.15, 0.2) is 11.5 Å². The second kappa shape index (κ2) is 6.95. The summed E-state index contributed by atoms with van der Waals surface area (Å²) in [6.07, 6.45) is 2.98. The number of hydrogen-bond donors (Lipinski definition) is 2. The molecule has 7 heteroatoms. The zero-order valence-corrected chi connectivity index (χ0v) is 14.9. The van der Waals surface area contributed by atoms with Gasteiger partial charge < -0.3 is 20.1 Å². The second-order valence-electron chi connectivity index (χ2n) is 6.18. The molecule has 1 aromatic heterocycles. The fourth-order valence-electron chi connectivity index (χ4n) is 2.70. The molecule has 0 aliphatic carbocycles. The quantitative estimate of drug-likeness (QED) is 0.734. The van der Waals surface area contributed by atoms with Crippen LogP contribution in [0.25, 0.3) is 0 Å². The van der Waals surface area contributed by atoms with Gasteiger partial charge in [-0.25, -0.2) is 9.97 Å². The Balaban J connectivity index is 1.45. The highest BCUT2D eigenvalue weighted by Crippen LogP contribution is 2.34. The Kier molecular flexibility index (Phi) is 4.33. The van der Waals surface area contributed by atoms with Crippen molar-refractivity contribution in [2.45, 2.75) is 13.8 Å². The lowest BCUT2D eigenvalue weighted by atomic mass is 10.1. The van der Waals surface area contributed by atoms with Crippen molar-refractivity contribution in [1.29, 1.82) is 0 Å². The number of anilines is 3. The number of amides is 1. The maximum Gasteiger partial charge on any atom is 0.275 e. The van der Waals surface area contributed by atoms with Crippen LogP contribution in [0.1, 0.15) is 21.6 Å². The fraction of sp³-hybridized carbons (Fsp3) is 0.150. The summed E-state index contributed by atoms with van der Waals surface area (Å²) in [5.41, 5.74) is 4.11. The molecule has 4 rings (SSSR count). The van der Waals surface area contributed by atoms with Gasteiger partial charge in [-0.15, -0.1) is 0 Å². The van der Waals surface area contributed by atoms with Gasteiger partial charge in [0, 0.05) is 17.4 Å². The highest BCUT2D eigenvalue weighted by Gasteiger charge is 2.15. The summed E-state index contributed by atoms with van der Waals surface area (Å²) in [5.74, 6) is 1.49. The van der Waals surface area contributed by atoms with Crippen LogP contribution in [0.4, 0.5) is 17.2 Å². The molecule has 0 saturated carbocycles. The highest BCUT2D eigenvalue weighted by atomic mass is 16.7. The van der Waals surface area contributed by atoms with Crippen molar-refractivity contribution in [3.05, 3.63) is 65.6 Å². The number of rotatable bonds is 4. The van der Waals surface area contributed by atoms with E-state index < -0.39 is 0 Å². The van der Waals surface area contributed by atoms with E-state index in [2.05, 4.69) is 33.6 Å². The lowest BCUT2D eigenvalue weighted by Crippen LogP contribution is -2.14. The van der Waals surface area contributed by atoms with Crippen molar-refractivity contribution in [3.63, 3.8) is 0 Å². The van der Waals surface area contributed by atoms with Crippen LogP contribution < -0.4 is 20.1 Å². The van der Waals surface area contributed by atoms with Crippen molar-refractivity contribution >= 4 is 23.1 Å². The Labute approximate surface area is 156 Å². The first kappa shape index (κ1) is 16.8. The molecule has 0 unspecified atom stereocenters. The lowest BCUT2D eigenvalue weighted by Gasteiger charge is -2.11. The van der Waals surface area contributed by atoms with Crippen molar-refractivity contribution in [3.8, 4) is 11.5 Å². The van der Waals surface area contributed by atoms with E-state index in [9.17, 15) is 4.79 Å². The maximum atomic E-state index is 12.4. The zero-order valence-electron chi connectivity index (χ0n) is 14.9. The number of fused-ring (bicyclic) bond motifs is 1. The Morgan fingerprint density at radius 2 is 1.89 bits per heavy atom. The predicted molar refractivity (Wildman–Crippen MR) is 102 cm³/mol. The number of nitrogens with one attached hydrogen (secondary N) is 2. The number of benzene rings is 2. The molecule has 1 amide bonds. The van der Waals surface area contributed by atoms with Crippen molar-refractivity contribution in [2.75, 3.05) is 17.4 Å². The minimum atomic E-state index is -0.348. The van der Waals surface area contributed by atoms with Gasteiger partial charge in [-0.2, -0.15) is 0 Å². The molecule has 2 aromatic carbocycles. The number of ether oxygens (including phenoxy) is 2. The number of hydrogen-bond acceptors (Lipinski definition) is 6. The van der Waals surface area contributed by atoms with Gasteiger partial charge in [0.25, 0.3) is 5.91 Å². The van der Waals surface area contributed by atoms with Gasteiger partial charge in [-0.3, -0.25) is 4.79 Å². The fourth-order valence-corrected chi connectivity index (χ4v) is 2.70. The summed E-state index contributed by atoms with van der Waals surface area (Å²) in [7, 11) is 0. The molecule has 1 aliphatic heterocycles. The maximum absolute atomic E-state index is 12.4. The summed E-state index contributed by atoms with van der Waals surface area (Å²) in [6, 6.07) is 11.2. The Bertz CT molecular complexity index is 1000. The molecular weight excluding hydrogens is 344 g/mol.